The van der Waals surface area contributed by atoms with Gasteiger partial charge < -0.3 is 5.73 Å². The molecule has 3 atom stereocenters. The minimum atomic E-state index is -3.00. The van der Waals surface area contributed by atoms with E-state index in [4.69, 9.17) is 5.73 Å². The Kier molecular flexibility index (Phi) is 6.12. The fourth-order valence-corrected chi connectivity index (χ4v) is 5.21. The van der Waals surface area contributed by atoms with E-state index in [-0.39, 0.29) is 11.3 Å². The Bertz CT molecular complexity index is 338. The molecule has 0 heterocycles. The molecule has 0 radical (unpaired) electrons. The van der Waals surface area contributed by atoms with Gasteiger partial charge in [-0.05, 0) is 37.5 Å². The molecule has 1 aliphatic rings. The van der Waals surface area contributed by atoms with Crippen LogP contribution in [0.2, 0.25) is 0 Å². The van der Waals surface area contributed by atoms with Gasteiger partial charge in [-0.25, -0.2) is 8.42 Å². The molecule has 0 bridgehead atoms. The van der Waals surface area contributed by atoms with Crippen molar-refractivity contribution in [1.82, 2.24) is 0 Å². The highest BCUT2D eigenvalue weighted by molar-refractivity contribution is 7.92. The summed E-state index contributed by atoms with van der Waals surface area (Å²) in [7, 11) is -3.00. The van der Waals surface area contributed by atoms with E-state index in [9.17, 15) is 8.42 Å². The molecule has 0 saturated heterocycles. The maximum atomic E-state index is 12.4. The molecule has 1 aliphatic carbocycles. The molecule has 0 aromatic carbocycles. The van der Waals surface area contributed by atoms with E-state index in [1.54, 1.807) is 0 Å². The van der Waals surface area contributed by atoms with Gasteiger partial charge in [0.1, 0.15) is 0 Å². The van der Waals surface area contributed by atoms with Crippen LogP contribution in [-0.2, 0) is 9.84 Å². The predicted octanol–water partition coefficient (Wildman–Crippen LogP) is 2.74. The predicted molar refractivity (Wildman–Crippen MR) is 77.3 cm³/mol. The highest BCUT2D eigenvalue weighted by Crippen LogP contribution is 2.31. The summed E-state index contributed by atoms with van der Waals surface area (Å²) in [6.45, 7) is 6.29. The van der Waals surface area contributed by atoms with Crippen molar-refractivity contribution in [2.24, 2.45) is 17.6 Å². The van der Waals surface area contributed by atoms with Gasteiger partial charge in [0.2, 0.25) is 0 Å². The van der Waals surface area contributed by atoms with Crippen LogP contribution in [0.5, 0.6) is 0 Å². The summed E-state index contributed by atoms with van der Waals surface area (Å²) in [5, 5.41) is -0.290. The van der Waals surface area contributed by atoms with E-state index < -0.39 is 9.84 Å². The van der Waals surface area contributed by atoms with Crippen molar-refractivity contribution in [3.8, 4) is 0 Å². The third kappa shape index (κ3) is 4.54. The summed E-state index contributed by atoms with van der Waals surface area (Å²) < 4.78 is 24.7. The molecule has 1 rings (SSSR count). The lowest BCUT2D eigenvalue weighted by Gasteiger charge is -2.33. The molecule has 4 heteroatoms. The number of hydrogen-bond donors (Lipinski definition) is 1. The Balaban J connectivity index is 2.65. The van der Waals surface area contributed by atoms with E-state index >= 15 is 0 Å². The fraction of sp³-hybridized carbons (Fsp3) is 1.00. The van der Waals surface area contributed by atoms with Crippen LogP contribution in [0.15, 0.2) is 0 Å². The summed E-state index contributed by atoms with van der Waals surface area (Å²) in [4.78, 5) is 0. The summed E-state index contributed by atoms with van der Waals surface area (Å²) in [6, 6.07) is -0.143. The van der Waals surface area contributed by atoms with Gasteiger partial charge in [0.05, 0.1) is 11.0 Å². The summed E-state index contributed by atoms with van der Waals surface area (Å²) in [5.74, 6) is 1.31. The third-order valence-electron chi connectivity index (χ3n) is 4.09. The van der Waals surface area contributed by atoms with Gasteiger partial charge in [0.25, 0.3) is 0 Å². The zero-order valence-corrected chi connectivity index (χ0v) is 12.9. The van der Waals surface area contributed by atoms with Crippen molar-refractivity contribution in [2.75, 3.05) is 5.75 Å². The first-order valence-corrected chi connectivity index (χ1v) is 9.05. The average molecular weight is 275 g/mol. The van der Waals surface area contributed by atoms with Gasteiger partial charge in [-0.2, -0.15) is 0 Å². The van der Waals surface area contributed by atoms with E-state index in [0.29, 0.717) is 17.6 Å². The molecule has 108 valence electrons. The maximum Gasteiger partial charge on any atom is 0.154 e. The standard InChI is InChI=1S/C14H29NO2S/c1-4-5-12-6-7-13(15)14(10-12)18(16,17)9-8-11(2)3/h11-14H,4-10,15H2,1-3H3. The monoisotopic (exact) mass is 275 g/mol. The lowest BCUT2D eigenvalue weighted by atomic mass is 9.83. The Morgan fingerprint density at radius 2 is 1.94 bits per heavy atom. The van der Waals surface area contributed by atoms with Crippen molar-refractivity contribution < 1.29 is 8.42 Å². The van der Waals surface area contributed by atoms with Crippen molar-refractivity contribution >= 4 is 9.84 Å². The number of nitrogens with two attached hydrogens (primary N) is 1. The van der Waals surface area contributed by atoms with Crippen LogP contribution < -0.4 is 5.73 Å². The summed E-state index contributed by atoms with van der Waals surface area (Å²) >= 11 is 0. The minimum Gasteiger partial charge on any atom is -0.327 e. The largest absolute Gasteiger partial charge is 0.327 e. The second-order valence-electron chi connectivity index (χ2n) is 6.22. The third-order valence-corrected chi connectivity index (χ3v) is 6.36. The smallest absolute Gasteiger partial charge is 0.154 e. The molecule has 0 aliphatic heterocycles. The number of hydrogen-bond acceptors (Lipinski definition) is 3. The topological polar surface area (TPSA) is 60.2 Å². The lowest BCUT2D eigenvalue weighted by Crippen LogP contribution is -2.46. The number of sulfone groups is 1. The maximum absolute atomic E-state index is 12.4. The Morgan fingerprint density at radius 1 is 1.28 bits per heavy atom. The number of rotatable bonds is 6. The first-order chi connectivity index (χ1) is 8.36. The van der Waals surface area contributed by atoms with Gasteiger partial charge >= 0.3 is 0 Å². The summed E-state index contributed by atoms with van der Waals surface area (Å²) in [6.07, 6.45) is 5.79. The van der Waals surface area contributed by atoms with Crippen LogP contribution in [0, 0.1) is 11.8 Å². The normalized spacial score (nSPS) is 29.7. The van der Waals surface area contributed by atoms with Crippen molar-refractivity contribution in [2.45, 2.75) is 70.6 Å². The van der Waals surface area contributed by atoms with Crippen molar-refractivity contribution in [1.29, 1.82) is 0 Å². The SMILES string of the molecule is CCCC1CCC(N)C(S(=O)(=O)CCC(C)C)C1. The van der Waals surface area contributed by atoms with Crippen LogP contribution in [0.1, 0.15) is 59.3 Å². The van der Waals surface area contributed by atoms with Crippen LogP contribution in [0.3, 0.4) is 0 Å². The van der Waals surface area contributed by atoms with E-state index in [1.165, 1.54) is 0 Å². The average Bonchev–Trinajstić information content (AvgIpc) is 2.29. The van der Waals surface area contributed by atoms with Crippen LogP contribution in [0.4, 0.5) is 0 Å². The van der Waals surface area contributed by atoms with Crippen LogP contribution in [-0.4, -0.2) is 25.5 Å². The molecule has 0 aromatic heterocycles. The van der Waals surface area contributed by atoms with Crippen LogP contribution in [0.25, 0.3) is 0 Å². The molecule has 3 unspecified atom stereocenters. The second-order valence-corrected chi connectivity index (χ2v) is 8.56. The van der Waals surface area contributed by atoms with E-state index in [2.05, 4.69) is 20.8 Å². The molecular weight excluding hydrogens is 246 g/mol. The molecule has 3 nitrogen and oxygen atoms in total. The Morgan fingerprint density at radius 3 is 2.50 bits per heavy atom. The first-order valence-electron chi connectivity index (χ1n) is 7.34. The zero-order chi connectivity index (χ0) is 13.8. The molecule has 0 spiro atoms. The molecular formula is C14H29NO2S. The van der Waals surface area contributed by atoms with Gasteiger partial charge in [-0.15, -0.1) is 0 Å². The van der Waals surface area contributed by atoms with Crippen molar-refractivity contribution in [3.63, 3.8) is 0 Å². The molecule has 18 heavy (non-hydrogen) atoms. The van der Waals surface area contributed by atoms with Crippen molar-refractivity contribution in [3.05, 3.63) is 0 Å². The summed E-state index contributed by atoms with van der Waals surface area (Å²) in [5.41, 5.74) is 6.05. The van der Waals surface area contributed by atoms with Gasteiger partial charge in [0.15, 0.2) is 9.84 Å². The first kappa shape index (κ1) is 16.0. The zero-order valence-electron chi connectivity index (χ0n) is 12.1. The second kappa shape index (κ2) is 6.90. The van der Waals surface area contributed by atoms with Gasteiger partial charge in [-0.1, -0.05) is 33.6 Å². The Labute approximate surface area is 112 Å². The molecule has 0 aromatic rings. The Hall–Kier alpha value is -0.0900. The highest BCUT2D eigenvalue weighted by atomic mass is 32.2. The molecule has 0 amide bonds. The molecule has 1 saturated carbocycles. The quantitative estimate of drug-likeness (QED) is 0.811. The highest BCUT2D eigenvalue weighted by Gasteiger charge is 2.36. The van der Waals surface area contributed by atoms with Gasteiger partial charge in [-0.3, -0.25) is 0 Å². The van der Waals surface area contributed by atoms with E-state index in [0.717, 1.165) is 38.5 Å². The molecule has 2 N–H and O–H groups in total. The molecule has 1 fully saturated rings. The lowest BCUT2D eigenvalue weighted by molar-refractivity contribution is 0.308. The van der Waals surface area contributed by atoms with E-state index in [1.807, 2.05) is 0 Å². The minimum absolute atomic E-state index is 0.143. The fourth-order valence-electron chi connectivity index (χ4n) is 2.87. The van der Waals surface area contributed by atoms with Gasteiger partial charge in [0, 0.05) is 6.04 Å². The van der Waals surface area contributed by atoms with Crippen LogP contribution >= 0.6 is 0 Å².